The highest BCUT2D eigenvalue weighted by atomic mass is 19.4. The summed E-state index contributed by atoms with van der Waals surface area (Å²) in [6.07, 6.45) is -3.68. The molecule has 0 fully saturated rings. The van der Waals surface area contributed by atoms with Crippen molar-refractivity contribution in [3.05, 3.63) is 75.8 Å². The zero-order valence-corrected chi connectivity index (χ0v) is 15.1. The Morgan fingerprint density at radius 3 is 2.43 bits per heavy atom. The van der Waals surface area contributed by atoms with Crippen LogP contribution in [0.15, 0.2) is 53.3 Å². The van der Waals surface area contributed by atoms with Gasteiger partial charge in [-0.2, -0.15) is 13.2 Å². The van der Waals surface area contributed by atoms with E-state index in [-0.39, 0.29) is 18.4 Å². The normalized spacial score (nSPS) is 11.6. The molecule has 0 radical (unpaired) electrons. The maximum absolute atomic E-state index is 12.7. The van der Waals surface area contributed by atoms with Crippen molar-refractivity contribution >= 4 is 16.8 Å². The Labute approximate surface area is 158 Å². The Hall–Kier alpha value is -3.16. The van der Waals surface area contributed by atoms with Crippen molar-refractivity contribution in [3.8, 4) is 0 Å². The molecule has 0 bridgehead atoms. The second-order valence-electron chi connectivity index (χ2n) is 6.27. The number of aryl methyl sites for hydroxylation is 2. The lowest BCUT2D eigenvalue weighted by atomic mass is 10.1. The molecule has 5 nitrogen and oxygen atoms in total. The summed E-state index contributed by atoms with van der Waals surface area (Å²) in [4.78, 5) is 29.3. The van der Waals surface area contributed by atoms with Gasteiger partial charge in [0.15, 0.2) is 0 Å². The van der Waals surface area contributed by atoms with Crippen LogP contribution < -0.4 is 11.0 Å². The lowest BCUT2D eigenvalue weighted by Gasteiger charge is -2.13. The zero-order valence-electron chi connectivity index (χ0n) is 15.1. The summed E-state index contributed by atoms with van der Waals surface area (Å²) < 4.78 is 38.9. The Bertz CT molecular complexity index is 1060. The summed E-state index contributed by atoms with van der Waals surface area (Å²) >= 11 is 0. The molecule has 1 amide bonds. The fourth-order valence-corrected chi connectivity index (χ4v) is 2.83. The molecule has 8 heteroatoms. The van der Waals surface area contributed by atoms with E-state index >= 15 is 0 Å². The number of aromatic nitrogens is 2. The van der Waals surface area contributed by atoms with Gasteiger partial charge in [0.1, 0.15) is 5.82 Å². The summed E-state index contributed by atoms with van der Waals surface area (Å²) in [6, 6.07) is 11.5. The SMILES string of the molecule is CCc1nc2ccccc2c(=O)n1NC(=O)CCc1ccc(C(F)(F)F)cc1. The molecule has 0 atom stereocenters. The predicted molar refractivity (Wildman–Crippen MR) is 99.5 cm³/mol. The molecule has 0 saturated heterocycles. The van der Waals surface area contributed by atoms with E-state index in [1.807, 2.05) is 6.92 Å². The molecular formula is C20H18F3N3O2. The number of hydrogen-bond donors (Lipinski definition) is 1. The molecule has 0 unspecified atom stereocenters. The van der Waals surface area contributed by atoms with Crippen LogP contribution in [-0.2, 0) is 23.8 Å². The van der Waals surface area contributed by atoms with Gasteiger partial charge in [0.2, 0.25) is 5.91 Å². The fourth-order valence-electron chi connectivity index (χ4n) is 2.83. The molecule has 0 spiro atoms. The summed E-state index contributed by atoms with van der Waals surface area (Å²) in [5, 5.41) is 0.391. The Morgan fingerprint density at radius 1 is 1.11 bits per heavy atom. The van der Waals surface area contributed by atoms with Crippen LogP contribution in [-0.4, -0.2) is 15.6 Å². The van der Waals surface area contributed by atoms with E-state index in [0.29, 0.717) is 28.7 Å². The van der Waals surface area contributed by atoms with Crippen molar-refractivity contribution in [3.63, 3.8) is 0 Å². The standard InChI is InChI=1S/C20H18F3N3O2/c1-2-17-24-16-6-4-3-5-15(16)19(28)26(17)25-18(27)12-9-13-7-10-14(11-8-13)20(21,22)23/h3-8,10-11H,2,9,12H2,1H3,(H,25,27). The minimum atomic E-state index is -4.39. The molecule has 28 heavy (non-hydrogen) atoms. The van der Waals surface area contributed by atoms with Gasteiger partial charge in [-0.15, -0.1) is 0 Å². The van der Waals surface area contributed by atoms with Gasteiger partial charge in [-0.3, -0.25) is 15.0 Å². The first-order chi connectivity index (χ1) is 13.3. The smallest absolute Gasteiger partial charge is 0.273 e. The van der Waals surface area contributed by atoms with Gasteiger partial charge >= 0.3 is 6.18 Å². The minimum Gasteiger partial charge on any atom is -0.273 e. The zero-order chi connectivity index (χ0) is 20.3. The molecule has 1 aromatic heterocycles. The van der Waals surface area contributed by atoms with Crippen LogP contribution in [0.1, 0.15) is 30.3 Å². The van der Waals surface area contributed by atoms with Gasteiger partial charge in [0.05, 0.1) is 16.5 Å². The number of rotatable bonds is 5. The van der Waals surface area contributed by atoms with Crippen LogP contribution in [0.4, 0.5) is 13.2 Å². The predicted octanol–water partition coefficient (Wildman–Crippen LogP) is 3.68. The number of fused-ring (bicyclic) bond motifs is 1. The van der Waals surface area contributed by atoms with E-state index in [0.717, 1.165) is 16.8 Å². The number of amides is 1. The average molecular weight is 389 g/mol. The second kappa shape index (κ2) is 7.84. The highest BCUT2D eigenvalue weighted by Gasteiger charge is 2.29. The number of nitrogens with zero attached hydrogens (tertiary/aromatic N) is 2. The average Bonchev–Trinajstić information content (AvgIpc) is 2.68. The quantitative estimate of drug-likeness (QED) is 0.724. The van der Waals surface area contributed by atoms with E-state index in [2.05, 4.69) is 10.4 Å². The summed E-state index contributed by atoms with van der Waals surface area (Å²) in [5.41, 5.74) is 2.60. The molecule has 3 aromatic rings. The first kappa shape index (κ1) is 19.6. The molecule has 0 aliphatic heterocycles. The number of halogens is 3. The van der Waals surface area contributed by atoms with Gasteiger partial charge in [-0.25, -0.2) is 9.66 Å². The largest absolute Gasteiger partial charge is 0.416 e. The van der Waals surface area contributed by atoms with E-state index in [1.165, 1.54) is 12.1 Å². The van der Waals surface area contributed by atoms with Crippen LogP contribution in [0.3, 0.4) is 0 Å². The monoisotopic (exact) mass is 389 g/mol. The van der Waals surface area contributed by atoms with Crippen molar-refractivity contribution in [1.82, 2.24) is 9.66 Å². The van der Waals surface area contributed by atoms with Gasteiger partial charge in [0.25, 0.3) is 5.56 Å². The maximum atomic E-state index is 12.7. The molecule has 2 aromatic carbocycles. The summed E-state index contributed by atoms with van der Waals surface area (Å²) in [7, 11) is 0. The number of para-hydroxylation sites is 1. The van der Waals surface area contributed by atoms with Crippen LogP contribution >= 0.6 is 0 Å². The topological polar surface area (TPSA) is 64.0 Å². The summed E-state index contributed by atoms with van der Waals surface area (Å²) in [5.74, 6) is 0.000333. The Morgan fingerprint density at radius 2 is 1.79 bits per heavy atom. The van der Waals surface area contributed by atoms with E-state index in [1.54, 1.807) is 24.3 Å². The molecule has 0 aliphatic carbocycles. The van der Waals surface area contributed by atoms with Crippen LogP contribution in [0, 0.1) is 0 Å². The van der Waals surface area contributed by atoms with Crippen LogP contribution in [0.25, 0.3) is 10.9 Å². The van der Waals surface area contributed by atoms with Crippen LogP contribution in [0.2, 0.25) is 0 Å². The van der Waals surface area contributed by atoms with Gasteiger partial charge in [0, 0.05) is 12.8 Å². The Kier molecular flexibility index (Phi) is 5.48. The highest BCUT2D eigenvalue weighted by Crippen LogP contribution is 2.29. The second-order valence-corrected chi connectivity index (χ2v) is 6.27. The van der Waals surface area contributed by atoms with E-state index < -0.39 is 17.6 Å². The molecule has 146 valence electrons. The molecule has 0 saturated carbocycles. The molecule has 1 heterocycles. The number of alkyl halides is 3. The third-order valence-electron chi connectivity index (χ3n) is 4.32. The number of nitrogens with one attached hydrogen (secondary N) is 1. The van der Waals surface area contributed by atoms with Gasteiger partial charge < -0.3 is 0 Å². The van der Waals surface area contributed by atoms with E-state index in [9.17, 15) is 22.8 Å². The first-order valence-electron chi connectivity index (χ1n) is 8.76. The Balaban J connectivity index is 1.73. The van der Waals surface area contributed by atoms with Crippen molar-refractivity contribution in [2.75, 3.05) is 5.43 Å². The number of hydrogen-bond acceptors (Lipinski definition) is 3. The highest BCUT2D eigenvalue weighted by molar-refractivity contribution is 5.84. The molecule has 1 N–H and O–H groups in total. The number of carbonyl (C=O) groups is 1. The lowest BCUT2D eigenvalue weighted by molar-refractivity contribution is -0.137. The fraction of sp³-hybridized carbons (Fsp3) is 0.250. The lowest BCUT2D eigenvalue weighted by Crippen LogP contribution is -2.36. The van der Waals surface area contributed by atoms with Crippen molar-refractivity contribution in [2.24, 2.45) is 0 Å². The first-order valence-corrected chi connectivity index (χ1v) is 8.76. The van der Waals surface area contributed by atoms with Crippen molar-refractivity contribution in [1.29, 1.82) is 0 Å². The molecule has 3 rings (SSSR count). The summed E-state index contributed by atoms with van der Waals surface area (Å²) in [6.45, 7) is 1.82. The van der Waals surface area contributed by atoms with Gasteiger partial charge in [-0.05, 0) is 36.2 Å². The van der Waals surface area contributed by atoms with Crippen molar-refractivity contribution in [2.45, 2.75) is 32.4 Å². The maximum Gasteiger partial charge on any atom is 0.416 e. The minimum absolute atomic E-state index is 0.0216. The third kappa shape index (κ3) is 4.21. The van der Waals surface area contributed by atoms with Crippen molar-refractivity contribution < 1.29 is 18.0 Å². The van der Waals surface area contributed by atoms with E-state index in [4.69, 9.17) is 0 Å². The molecular weight excluding hydrogens is 371 g/mol. The van der Waals surface area contributed by atoms with Gasteiger partial charge in [-0.1, -0.05) is 31.2 Å². The van der Waals surface area contributed by atoms with Crippen LogP contribution in [0.5, 0.6) is 0 Å². The number of benzene rings is 2. The number of carbonyl (C=O) groups excluding carboxylic acids is 1. The third-order valence-corrected chi connectivity index (χ3v) is 4.32. The molecule has 0 aliphatic rings.